The van der Waals surface area contributed by atoms with E-state index in [0.717, 1.165) is 45.4 Å². The van der Waals surface area contributed by atoms with Gasteiger partial charge >= 0.3 is 0 Å². The van der Waals surface area contributed by atoms with Gasteiger partial charge in [0.1, 0.15) is 0 Å². The first-order chi connectivity index (χ1) is 9.02. The van der Waals surface area contributed by atoms with Gasteiger partial charge in [0.15, 0.2) is 9.84 Å². The summed E-state index contributed by atoms with van der Waals surface area (Å²) in [4.78, 5) is 16.1. The van der Waals surface area contributed by atoms with E-state index in [4.69, 9.17) is 0 Å². The minimum Gasteiger partial charge on any atom is -0.340 e. The van der Waals surface area contributed by atoms with Gasteiger partial charge in [-0.15, -0.1) is 0 Å². The van der Waals surface area contributed by atoms with E-state index in [1.807, 2.05) is 4.90 Å². The Kier molecular flexibility index (Phi) is 4.84. The molecule has 2 rings (SSSR count). The largest absolute Gasteiger partial charge is 0.340 e. The van der Waals surface area contributed by atoms with Gasteiger partial charge in [-0.05, 0) is 12.8 Å². The SMILES string of the molecule is CCCCC(=O)N1CCN(C2CCS(=O)(=O)C2)CC1. The van der Waals surface area contributed by atoms with Crippen LogP contribution >= 0.6 is 0 Å². The summed E-state index contributed by atoms with van der Waals surface area (Å²) in [5.74, 6) is 0.880. The molecule has 2 saturated heterocycles. The van der Waals surface area contributed by atoms with Crippen molar-refractivity contribution in [3.8, 4) is 0 Å². The van der Waals surface area contributed by atoms with Crippen LogP contribution in [0.15, 0.2) is 0 Å². The van der Waals surface area contributed by atoms with Crippen molar-refractivity contribution < 1.29 is 13.2 Å². The average molecular weight is 288 g/mol. The zero-order chi connectivity index (χ0) is 13.9. The summed E-state index contributed by atoms with van der Waals surface area (Å²) in [7, 11) is -2.81. The number of hydrogen-bond acceptors (Lipinski definition) is 4. The van der Waals surface area contributed by atoms with E-state index in [1.165, 1.54) is 0 Å². The summed E-state index contributed by atoms with van der Waals surface area (Å²) in [6.45, 7) is 5.22. The Morgan fingerprint density at radius 3 is 2.42 bits per heavy atom. The highest BCUT2D eigenvalue weighted by molar-refractivity contribution is 7.91. The topological polar surface area (TPSA) is 57.7 Å². The Morgan fingerprint density at radius 1 is 1.21 bits per heavy atom. The molecule has 0 radical (unpaired) electrons. The van der Waals surface area contributed by atoms with Gasteiger partial charge in [0.2, 0.25) is 5.91 Å². The van der Waals surface area contributed by atoms with Gasteiger partial charge in [-0.25, -0.2) is 8.42 Å². The lowest BCUT2D eigenvalue weighted by atomic mass is 10.1. The molecule has 1 unspecified atom stereocenters. The molecule has 0 aromatic heterocycles. The van der Waals surface area contributed by atoms with Crippen LogP contribution in [0.4, 0.5) is 0 Å². The monoisotopic (exact) mass is 288 g/mol. The summed E-state index contributed by atoms with van der Waals surface area (Å²) in [6, 6.07) is 0.179. The lowest BCUT2D eigenvalue weighted by Gasteiger charge is -2.37. The van der Waals surface area contributed by atoms with E-state index >= 15 is 0 Å². The molecule has 2 aliphatic heterocycles. The number of amides is 1. The fraction of sp³-hybridized carbons (Fsp3) is 0.923. The van der Waals surface area contributed by atoms with Gasteiger partial charge in [-0.3, -0.25) is 9.69 Å². The van der Waals surface area contributed by atoms with E-state index in [-0.39, 0.29) is 11.9 Å². The van der Waals surface area contributed by atoms with Crippen LogP contribution in [0, 0.1) is 0 Å². The zero-order valence-electron chi connectivity index (χ0n) is 11.7. The molecule has 0 aromatic carbocycles. The number of sulfone groups is 1. The van der Waals surface area contributed by atoms with Gasteiger partial charge in [0.05, 0.1) is 11.5 Å². The van der Waals surface area contributed by atoms with Crippen LogP contribution < -0.4 is 0 Å². The highest BCUT2D eigenvalue weighted by Crippen LogP contribution is 2.19. The lowest BCUT2D eigenvalue weighted by Crippen LogP contribution is -2.52. The van der Waals surface area contributed by atoms with E-state index < -0.39 is 9.84 Å². The number of nitrogens with zero attached hydrogens (tertiary/aromatic N) is 2. The standard InChI is InChI=1S/C13H24N2O3S/c1-2-3-4-13(16)15-8-6-14(7-9-15)12-5-10-19(17,18)11-12/h12H,2-11H2,1H3. The molecular weight excluding hydrogens is 264 g/mol. The van der Waals surface area contributed by atoms with Gasteiger partial charge in [-0.2, -0.15) is 0 Å². The van der Waals surface area contributed by atoms with Crippen molar-refractivity contribution in [3.05, 3.63) is 0 Å². The smallest absolute Gasteiger partial charge is 0.222 e. The van der Waals surface area contributed by atoms with Gasteiger partial charge in [0, 0.05) is 38.6 Å². The Hall–Kier alpha value is -0.620. The van der Waals surface area contributed by atoms with Crippen molar-refractivity contribution in [2.24, 2.45) is 0 Å². The maximum Gasteiger partial charge on any atom is 0.222 e. The molecule has 5 nitrogen and oxygen atoms in total. The molecule has 110 valence electrons. The van der Waals surface area contributed by atoms with Crippen molar-refractivity contribution in [2.75, 3.05) is 37.7 Å². The number of carbonyl (C=O) groups is 1. The second kappa shape index (κ2) is 6.22. The molecular formula is C13H24N2O3S. The van der Waals surface area contributed by atoms with Gasteiger partial charge in [-0.1, -0.05) is 13.3 Å². The average Bonchev–Trinajstić information content (AvgIpc) is 2.76. The molecule has 0 N–H and O–H groups in total. The Morgan fingerprint density at radius 2 is 1.89 bits per heavy atom. The molecule has 0 aromatic rings. The van der Waals surface area contributed by atoms with E-state index in [9.17, 15) is 13.2 Å². The summed E-state index contributed by atoms with van der Waals surface area (Å²) in [5, 5.41) is 0. The maximum atomic E-state index is 11.9. The van der Waals surface area contributed by atoms with Crippen LogP contribution in [-0.2, 0) is 14.6 Å². The van der Waals surface area contributed by atoms with Crippen molar-refractivity contribution in [1.82, 2.24) is 9.80 Å². The molecule has 0 bridgehead atoms. The number of hydrogen-bond donors (Lipinski definition) is 0. The fourth-order valence-electron chi connectivity index (χ4n) is 2.89. The third kappa shape index (κ3) is 3.92. The third-order valence-electron chi connectivity index (χ3n) is 4.14. The second-order valence-electron chi connectivity index (χ2n) is 5.58. The van der Waals surface area contributed by atoms with Gasteiger partial charge in [0.25, 0.3) is 0 Å². The van der Waals surface area contributed by atoms with Crippen molar-refractivity contribution in [2.45, 2.75) is 38.6 Å². The molecule has 0 spiro atoms. The summed E-state index contributed by atoms with van der Waals surface area (Å²) in [6.07, 6.45) is 3.41. The molecule has 0 saturated carbocycles. The van der Waals surface area contributed by atoms with Gasteiger partial charge < -0.3 is 4.90 Å². The predicted octanol–water partition coefficient (Wildman–Crippen LogP) is 0.508. The van der Waals surface area contributed by atoms with E-state index in [1.54, 1.807) is 0 Å². The zero-order valence-corrected chi connectivity index (χ0v) is 12.5. The summed E-state index contributed by atoms with van der Waals surface area (Å²) >= 11 is 0. The van der Waals surface area contributed by atoms with Crippen LogP contribution in [0.3, 0.4) is 0 Å². The Balaban J connectivity index is 1.78. The number of carbonyl (C=O) groups excluding carboxylic acids is 1. The minimum atomic E-state index is -2.81. The molecule has 2 aliphatic rings. The van der Waals surface area contributed by atoms with Crippen LogP contribution in [0.1, 0.15) is 32.6 Å². The second-order valence-corrected chi connectivity index (χ2v) is 7.81. The summed E-state index contributed by atoms with van der Waals surface area (Å²) < 4.78 is 23.0. The molecule has 6 heteroatoms. The number of unbranched alkanes of at least 4 members (excludes halogenated alkanes) is 1. The molecule has 0 aliphatic carbocycles. The Labute approximate surface area is 115 Å². The highest BCUT2D eigenvalue weighted by atomic mass is 32.2. The molecule has 2 heterocycles. The highest BCUT2D eigenvalue weighted by Gasteiger charge is 2.34. The molecule has 1 atom stereocenters. The number of rotatable bonds is 4. The fourth-order valence-corrected chi connectivity index (χ4v) is 4.65. The van der Waals surface area contributed by atoms with Crippen molar-refractivity contribution in [1.29, 1.82) is 0 Å². The maximum absolute atomic E-state index is 11.9. The van der Waals surface area contributed by atoms with Crippen molar-refractivity contribution in [3.63, 3.8) is 0 Å². The van der Waals surface area contributed by atoms with Crippen molar-refractivity contribution >= 4 is 15.7 Å². The van der Waals surface area contributed by atoms with Crippen LogP contribution in [0.5, 0.6) is 0 Å². The van der Waals surface area contributed by atoms with E-state index in [2.05, 4.69) is 11.8 Å². The quantitative estimate of drug-likeness (QED) is 0.756. The number of piperazine rings is 1. The molecule has 2 fully saturated rings. The normalized spacial score (nSPS) is 27.6. The van der Waals surface area contributed by atoms with Crippen LogP contribution in [0.2, 0.25) is 0 Å². The molecule has 19 heavy (non-hydrogen) atoms. The first-order valence-corrected chi connectivity index (χ1v) is 9.06. The summed E-state index contributed by atoms with van der Waals surface area (Å²) in [5.41, 5.74) is 0. The minimum absolute atomic E-state index is 0.179. The van der Waals surface area contributed by atoms with Crippen LogP contribution in [0.25, 0.3) is 0 Å². The van der Waals surface area contributed by atoms with Crippen LogP contribution in [-0.4, -0.2) is 67.9 Å². The molecule has 1 amide bonds. The third-order valence-corrected chi connectivity index (χ3v) is 5.89. The first-order valence-electron chi connectivity index (χ1n) is 7.24. The predicted molar refractivity (Wildman–Crippen MR) is 74.7 cm³/mol. The lowest BCUT2D eigenvalue weighted by molar-refractivity contribution is -0.133. The first kappa shape index (κ1) is 14.8. The Bertz CT molecular complexity index is 414. The van der Waals surface area contributed by atoms with E-state index in [0.29, 0.717) is 17.9 Å².